The van der Waals surface area contributed by atoms with Gasteiger partial charge in [-0.2, -0.15) is 0 Å². The summed E-state index contributed by atoms with van der Waals surface area (Å²) in [6.07, 6.45) is 0. The van der Waals surface area contributed by atoms with Crippen LogP contribution >= 0.6 is 0 Å². The highest BCUT2D eigenvalue weighted by Crippen LogP contribution is 2.05. The Hall–Kier alpha value is -0.610. The molecule has 0 fully saturated rings. The van der Waals surface area contributed by atoms with Crippen molar-refractivity contribution < 1.29 is 9.57 Å². The maximum Gasteiger partial charge on any atom is 0.188 e. The first-order valence-electron chi connectivity index (χ1n) is 3.33. The van der Waals surface area contributed by atoms with Crippen molar-refractivity contribution in [3.8, 4) is 0 Å². The van der Waals surface area contributed by atoms with Gasteiger partial charge in [0.15, 0.2) is 5.90 Å². The van der Waals surface area contributed by atoms with Crippen molar-refractivity contribution in [2.24, 2.45) is 16.8 Å². The normalized spacial score (nSPS) is 20.0. The van der Waals surface area contributed by atoms with Crippen LogP contribution in [-0.2, 0) is 9.57 Å². The summed E-state index contributed by atoms with van der Waals surface area (Å²) in [5.74, 6) is 5.84. The van der Waals surface area contributed by atoms with Crippen LogP contribution in [0.1, 0.15) is 6.92 Å². The number of aliphatic imine (C=N–C) groups is 1. The van der Waals surface area contributed by atoms with Gasteiger partial charge >= 0.3 is 0 Å². The predicted molar refractivity (Wildman–Crippen MR) is 37.6 cm³/mol. The Morgan fingerprint density at radius 3 is 3.20 bits per heavy atom. The summed E-state index contributed by atoms with van der Waals surface area (Å²) in [4.78, 5) is 8.57. The zero-order chi connectivity index (χ0) is 7.40. The molecule has 1 aliphatic rings. The minimum Gasteiger partial charge on any atom is -0.479 e. The molecule has 4 heteroatoms. The third-order valence-corrected chi connectivity index (χ3v) is 1.38. The Bertz CT molecular complexity index is 136. The first-order valence-corrected chi connectivity index (χ1v) is 3.33. The zero-order valence-corrected chi connectivity index (χ0v) is 6.04. The molecule has 0 saturated heterocycles. The molecule has 0 spiro atoms. The molecule has 58 valence electrons. The number of nitrogens with zero attached hydrogens (tertiary/aromatic N) is 1. The highest BCUT2D eigenvalue weighted by atomic mass is 16.6. The van der Waals surface area contributed by atoms with E-state index in [1.165, 1.54) is 0 Å². The van der Waals surface area contributed by atoms with E-state index in [2.05, 4.69) is 9.83 Å². The summed E-state index contributed by atoms with van der Waals surface area (Å²) in [7, 11) is 0. The maximum atomic E-state index is 5.18. The van der Waals surface area contributed by atoms with Gasteiger partial charge in [0.05, 0.1) is 19.1 Å². The zero-order valence-electron chi connectivity index (χ0n) is 6.04. The number of hydrogen-bond donors (Lipinski definition) is 1. The molecule has 4 nitrogen and oxygen atoms in total. The standard InChI is InChI=1S/C6H12N2O2/c1-5(4-10-7)6-8-2-3-9-6/h5H,2-4,7H2,1H3. The molecule has 10 heavy (non-hydrogen) atoms. The monoisotopic (exact) mass is 144 g/mol. The van der Waals surface area contributed by atoms with E-state index in [1.807, 2.05) is 6.92 Å². The second-order valence-electron chi connectivity index (χ2n) is 2.30. The van der Waals surface area contributed by atoms with Crippen LogP contribution in [0.2, 0.25) is 0 Å². The molecule has 0 aromatic carbocycles. The van der Waals surface area contributed by atoms with Crippen LogP contribution in [0, 0.1) is 5.92 Å². The average molecular weight is 144 g/mol. The van der Waals surface area contributed by atoms with Crippen LogP contribution in [0.15, 0.2) is 4.99 Å². The Kier molecular flexibility index (Phi) is 2.65. The molecular formula is C6H12N2O2. The van der Waals surface area contributed by atoms with Gasteiger partial charge in [0.1, 0.15) is 6.61 Å². The fourth-order valence-electron chi connectivity index (χ4n) is 0.865. The third-order valence-electron chi connectivity index (χ3n) is 1.38. The minimum absolute atomic E-state index is 0.187. The Labute approximate surface area is 60.0 Å². The van der Waals surface area contributed by atoms with Gasteiger partial charge in [-0.15, -0.1) is 0 Å². The lowest BCUT2D eigenvalue weighted by Crippen LogP contribution is -2.19. The second kappa shape index (κ2) is 3.53. The molecule has 0 saturated carbocycles. The summed E-state index contributed by atoms with van der Waals surface area (Å²) >= 11 is 0. The SMILES string of the molecule is CC(CON)C1=NCCO1. The van der Waals surface area contributed by atoms with Crippen LogP contribution in [0.3, 0.4) is 0 Å². The van der Waals surface area contributed by atoms with Crippen molar-refractivity contribution in [1.82, 2.24) is 0 Å². The molecule has 0 aromatic heterocycles. The van der Waals surface area contributed by atoms with Crippen molar-refractivity contribution in [3.63, 3.8) is 0 Å². The maximum absolute atomic E-state index is 5.18. The highest BCUT2D eigenvalue weighted by molar-refractivity contribution is 5.79. The predicted octanol–water partition coefficient (Wildman–Crippen LogP) is -0.0585. The number of hydrogen-bond acceptors (Lipinski definition) is 4. The lowest BCUT2D eigenvalue weighted by molar-refractivity contribution is 0.117. The summed E-state index contributed by atoms with van der Waals surface area (Å²) < 4.78 is 5.18. The number of ether oxygens (including phenoxy) is 1. The van der Waals surface area contributed by atoms with Crippen LogP contribution in [-0.4, -0.2) is 25.7 Å². The Morgan fingerprint density at radius 1 is 1.90 bits per heavy atom. The lowest BCUT2D eigenvalue weighted by atomic mass is 10.2. The van der Waals surface area contributed by atoms with Gasteiger partial charge in [-0.1, -0.05) is 6.92 Å². The molecule has 1 rings (SSSR count). The van der Waals surface area contributed by atoms with Gasteiger partial charge in [0.25, 0.3) is 0 Å². The summed E-state index contributed by atoms with van der Waals surface area (Å²) in [5.41, 5.74) is 0. The van der Waals surface area contributed by atoms with Gasteiger partial charge in [-0.05, 0) is 0 Å². The molecule has 0 amide bonds. The van der Waals surface area contributed by atoms with E-state index in [4.69, 9.17) is 10.6 Å². The Balaban J connectivity index is 2.32. The van der Waals surface area contributed by atoms with Crippen molar-refractivity contribution in [2.75, 3.05) is 19.8 Å². The number of rotatable bonds is 3. The fourth-order valence-corrected chi connectivity index (χ4v) is 0.865. The van der Waals surface area contributed by atoms with Gasteiger partial charge in [0, 0.05) is 0 Å². The van der Waals surface area contributed by atoms with E-state index >= 15 is 0 Å². The van der Waals surface area contributed by atoms with Gasteiger partial charge < -0.3 is 9.57 Å². The third kappa shape index (κ3) is 1.68. The van der Waals surface area contributed by atoms with E-state index in [-0.39, 0.29) is 5.92 Å². The summed E-state index contributed by atoms with van der Waals surface area (Å²) in [5, 5.41) is 0. The first-order chi connectivity index (χ1) is 4.84. The molecule has 0 aromatic rings. The fraction of sp³-hybridized carbons (Fsp3) is 0.833. The molecular weight excluding hydrogens is 132 g/mol. The van der Waals surface area contributed by atoms with Crippen LogP contribution < -0.4 is 5.90 Å². The van der Waals surface area contributed by atoms with Crippen LogP contribution in [0.5, 0.6) is 0 Å². The van der Waals surface area contributed by atoms with Crippen molar-refractivity contribution in [3.05, 3.63) is 0 Å². The van der Waals surface area contributed by atoms with Crippen LogP contribution in [0.4, 0.5) is 0 Å². The molecule has 2 N–H and O–H groups in total. The molecule has 1 unspecified atom stereocenters. The van der Waals surface area contributed by atoms with Gasteiger partial charge in [0.2, 0.25) is 0 Å². The first kappa shape index (κ1) is 7.50. The molecule has 1 aliphatic heterocycles. The smallest absolute Gasteiger partial charge is 0.188 e. The average Bonchev–Trinajstić information content (AvgIpc) is 2.38. The van der Waals surface area contributed by atoms with E-state index in [0.29, 0.717) is 13.2 Å². The topological polar surface area (TPSA) is 56.8 Å². The van der Waals surface area contributed by atoms with E-state index in [9.17, 15) is 0 Å². The van der Waals surface area contributed by atoms with E-state index in [1.54, 1.807) is 0 Å². The minimum atomic E-state index is 0.187. The van der Waals surface area contributed by atoms with E-state index < -0.39 is 0 Å². The van der Waals surface area contributed by atoms with Gasteiger partial charge in [-0.3, -0.25) is 4.99 Å². The molecule has 1 atom stereocenters. The van der Waals surface area contributed by atoms with Crippen LogP contribution in [0.25, 0.3) is 0 Å². The Morgan fingerprint density at radius 2 is 2.70 bits per heavy atom. The van der Waals surface area contributed by atoms with Crippen molar-refractivity contribution >= 4 is 5.90 Å². The molecule has 1 heterocycles. The molecule has 0 bridgehead atoms. The largest absolute Gasteiger partial charge is 0.479 e. The van der Waals surface area contributed by atoms with E-state index in [0.717, 1.165) is 12.4 Å². The lowest BCUT2D eigenvalue weighted by Gasteiger charge is -2.08. The van der Waals surface area contributed by atoms with Crippen molar-refractivity contribution in [1.29, 1.82) is 0 Å². The van der Waals surface area contributed by atoms with Gasteiger partial charge in [-0.25, -0.2) is 5.90 Å². The summed E-state index contributed by atoms with van der Waals surface area (Å²) in [6, 6.07) is 0. The van der Waals surface area contributed by atoms with Crippen molar-refractivity contribution in [2.45, 2.75) is 6.92 Å². The number of nitrogens with two attached hydrogens (primary N) is 1. The summed E-state index contributed by atoms with van der Waals surface area (Å²) in [6.45, 7) is 3.91. The quantitative estimate of drug-likeness (QED) is 0.564. The molecule has 0 aliphatic carbocycles. The molecule has 0 radical (unpaired) electrons. The second-order valence-corrected chi connectivity index (χ2v) is 2.30. The highest BCUT2D eigenvalue weighted by Gasteiger charge is 2.15.